The number of thioether (sulfide) groups is 2. The quantitative estimate of drug-likeness (QED) is 0.368. The van der Waals surface area contributed by atoms with E-state index in [0.717, 1.165) is 14.8 Å². The van der Waals surface area contributed by atoms with Gasteiger partial charge in [0.1, 0.15) is 4.38 Å². The Bertz CT molecular complexity index is 359. The van der Waals surface area contributed by atoms with E-state index in [0.29, 0.717) is 0 Å². The van der Waals surface area contributed by atoms with Crippen LogP contribution < -0.4 is 0 Å². The fraction of sp³-hybridized carbons (Fsp3) is 0.200. The van der Waals surface area contributed by atoms with Gasteiger partial charge in [-0.3, -0.25) is 0 Å². The fourth-order valence-electron chi connectivity index (χ4n) is 0.913. The largest absolute Gasteiger partial charge is 0.207 e. The average Bonchev–Trinajstić information content (AvgIpc) is 2.28. The molecule has 0 heterocycles. The molecule has 0 amide bonds. The van der Waals surface area contributed by atoms with Crippen molar-refractivity contribution in [2.24, 2.45) is 4.99 Å². The zero-order valence-electron chi connectivity index (χ0n) is 7.89. The Labute approximate surface area is 106 Å². The second kappa shape index (κ2) is 7.80. The second-order valence-electron chi connectivity index (χ2n) is 2.51. The molecule has 0 atom stereocenters. The predicted octanol–water partition coefficient (Wildman–Crippen LogP) is 3.84. The summed E-state index contributed by atoms with van der Waals surface area (Å²) in [6.07, 6.45) is 1.81. The highest BCUT2D eigenvalue weighted by Gasteiger charge is 2.01. The number of halogens is 1. The molecule has 15 heavy (non-hydrogen) atoms. The van der Waals surface area contributed by atoms with Crippen molar-refractivity contribution in [2.75, 3.05) is 4.66 Å². The molecule has 0 aliphatic heterocycles. The van der Waals surface area contributed by atoms with Gasteiger partial charge in [0.15, 0.2) is 0 Å². The van der Waals surface area contributed by atoms with Crippen molar-refractivity contribution in [1.29, 1.82) is 5.26 Å². The highest BCUT2D eigenvalue weighted by Crippen LogP contribution is 2.22. The Morgan fingerprint density at radius 3 is 2.67 bits per heavy atom. The molecule has 1 aromatic rings. The Morgan fingerprint density at radius 1 is 1.33 bits per heavy atom. The zero-order valence-corrected chi connectivity index (χ0v) is 11.1. The minimum atomic E-state index is 0.759. The van der Waals surface area contributed by atoms with Crippen molar-refractivity contribution >= 4 is 43.8 Å². The van der Waals surface area contributed by atoms with Crippen molar-refractivity contribution in [1.82, 2.24) is 0 Å². The summed E-state index contributed by atoms with van der Waals surface area (Å²) < 4.78 is 1.56. The summed E-state index contributed by atoms with van der Waals surface area (Å²) in [6.45, 7) is 0. The molecule has 5 heteroatoms. The van der Waals surface area contributed by atoms with E-state index >= 15 is 0 Å². The Morgan fingerprint density at radius 2 is 2.07 bits per heavy atom. The third-order valence-corrected chi connectivity index (χ3v) is 4.18. The Balaban J connectivity index is 2.48. The van der Waals surface area contributed by atoms with Crippen molar-refractivity contribution in [3.63, 3.8) is 0 Å². The SMILES string of the molecule is N#CN=C(SCBr)SCc1ccccc1. The Kier molecular flexibility index (Phi) is 6.57. The molecular formula is C10H9BrN2S2. The average molecular weight is 301 g/mol. The minimum absolute atomic E-state index is 0.759. The van der Waals surface area contributed by atoms with E-state index in [9.17, 15) is 0 Å². The van der Waals surface area contributed by atoms with Gasteiger partial charge in [0, 0.05) is 5.75 Å². The van der Waals surface area contributed by atoms with Gasteiger partial charge < -0.3 is 0 Å². The second-order valence-corrected chi connectivity index (χ2v) is 6.00. The van der Waals surface area contributed by atoms with E-state index in [2.05, 4.69) is 33.1 Å². The van der Waals surface area contributed by atoms with Crippen LogP contribution in [0, 0.1) is 11.5 Å². The van der Waals surface area contributed by atoms with Gasteiger partial charge >= 0.3 is 0 Å². The number of aliphatic imine (C=N–C) groups is 1. The number of nitrogens with zero attached hydrogens (tertiary/aromatic N) is 2. The van der Waals surface area contributed by atoms with Crippen molar-refractivity contribution in [2.45, 2.75) is 5.75 Å². The van der Waals surface area contributed by atoms with E-state index in [-0.39, 0.29) is 0 Å². The van der Waals surface area contributed by atoms with Crippen LogP contribution in [0.2, 0.25) is 0 Å². The lowest BCUT2D eigenvalue weighted by Crippen LogP contribution is -1.87. The van der Waals surface area contributed by atoms with Crippen LogP contribution in [0.3, 0.4) is 0 Å². The first-order valence-electron chi connectivity index (χ1n) is 4.19. The van der Waals surface area contributed by atoms with Crippen LogP contribution in [0.15, 0.2) is 35.3 Å². The molecule has 0 unspecified atom stereocenters. The van der Waals surface area contributed by atoms with Gasteiger partial charge in [-0.15, -0.1) is 0 Å². The normalized spacial score (nSPS) is 11.1. The summed E-state index contributed by atoms with van der Waals surface area (Å²) in [6, 6.07) is 10.1. The molecular weight excluding hydrogens is 292 g/mol. The number of rotatable bonds is 3. The van der Waals surface area contributed by atoms with E-state index in [1.807, 2.05) is 24.4 Å². The van der Waals surface area contributed by atoms with Gasteiger partial charge in [-0.1, -0.05) is 69.8 Å². The highest BCUT2D eigenvalue weighted by molar-refractivity contribution is 9.11. The summed E-state index contributed by atoms with van der Waals surface area (Å²) in [5.41, 5.74) is 1.24. The fourth-order valence-corrected chi connectivity index (χ4v) is 3.49. The number of nitriles is 1. The van der Waals surface area contributed by atoms with Gasteiger partial charge in [0.05, 0.1) is 4.66 Å². The van der Waals surface area contributed by atoms with E-state index in [1.54, 1.807) is 11.8 Å². The summed E-state index contributed by atoms with van der Waals surface area (Å²) in [4.78, 5) is 3.75. The molecule has 0 N–H and O–H groups in total. The standard InChI is InChI=1S/C10H9BrN2S2/c11-7-15-10(13-8-12)14-6-9-4-2-1-3-5-9/h1-5H,6-7H2. The summed E-state index contributed by atoms with van der Waals surface area (Å²) >= 11 is 6.42. The molecule has 0 saturated heterocycles. The molecule has 0 spiro atoms. The van der Waals surface area contributed by atoms with Crippen LogP contribution in [0.25, 0.3) is 0 Å². The molecule has 1 rings (SSSR count). The summed E-state index contributed by atoms with van der Waals surface area (Å²) in [7, 11) is 0. The van der Waals surface area contributed by atoms with Gasteiger partial charge in [0.25, 0.3) is 0 Å². The van der Waals surface area contributed by atoms with Gasteiger partial charge in [-0.05, 0) is 5.56 Å². The van der Waals surface area contributed by atoms with E-state index < -0.39 is 0 Å². The van der Waals surface area contributed by atoms with Crippen LogP contribution in [0.4, 0.5) is 0 Å². The van der Waals surface area contributed by atoms with Crippen molar-refractivity contribution in [3.8, 4) is 6.19 Å². The lowest BCUT2D eigenvalue weighted by molar-refractivity contribution is 1.42. The van der Waals surface area contributed by atoms with Crippen LogP contribution >= 0.6 is 39.5 Å². The monoisotopic (exact) mass is 300 g/mol. The van der Waals surface area contributed by atoms with Crippen molar-refractivity contribution in [3.05, 3.63) is 35.9 Å². The summed E-state index contributed by atoms with van der Waals surface area (Å²) in [5, 5.41) is 8.48. The summed E-state index contributed by atoms with van der Waals surface area (Å²) in [5.74, 6) is 0.849. The molecule has 0 saturated carbocycles. The first-order chi connectivity index (χ1) is 7.36. The van der Waals surface area contributed by atoms with Crippen molar-refractivity contribution < 1.29 is 0 Å². The first-order valence-corrected chi connectivity index (χ1v) is 7.28. The molecule has 1 aromatic carbocycles. The molecule has 0 bridgehead atoms. The highest BCUT2D eigenvalue weighted by atomic mass is 79.9. The third-order valence-electron chi connectivity index (χ3n) is 1.52. The van der Waals surface area contributed by atoms with Crippen LogP contribution in [0.1, 0.15) is 5.56 Å². The van der Waals surface area contributed by atoms with E-state index in [4.69, 9.17) is 5.26 Å². The predicted molar refractivity (Wildman–Crippen MR) is 72.2 cm³/mol. The maximum atomic E-state index is 8.48. The number of hydrogen-bond donors (Lipinski definition) is 0. The van der Waals surface area contributed by atoms with Crippen LogP contribution in [0.5, 0.6) is 0 Å². The maximum Gasteiger partial charge on any atom is 0.207 e. The van der Waals surface area contributed by atoms with E-state index in [1.165, 1.54) is 17.3 Å². The van der Waals surface area contributed by atoms with Gasteiger partial charge in [0.2, 0.25) is 6.19 Å². The molecule has 0 aliphatic carbocycles. The van der Waals surface area contributed by atoms with Gasteiger partial charge in [-0.2, -0.15) is 10.3 Å². The lowest BCUT2D eigenvalue weighted by Gasteiger charge is -2.01. The molecule has 0 radical (unpaired) electrons. The number of benzene rings is 1. The molecule has 0 fully saturated rings. The zero-order chi connectivity index (χ0) is 10.9. The smallest absolute Gasteiger partial charge is 0.170 e. The minimum Gasteiger partial charge on any atom is -0.170 e. The molecule has 78 valence electrons. The maximum absolute atomic E-state index is 8.48. The van der Waals surface area contributed by atoms with Crippen LogP contribution in [-0.4, -0.2) is 9.04 Å². The topological polar surface area (TPSA) is 36.1 Å². The molecule has 0 aliphatic rings. The number of alkyl halides is 1. The van der Waals surface area contributed by atoms with Crippen LogP contribution in [-0.2, 0) is 5.75 Å². The third kappa shape index (κ3) is 5.26. The molecule has 0 aromatic heterocycles. The van der Waals surface area contributed by atoms with Gasteiger partial charge in [-0.25, -0.2) is 0 Å². The lowest BCUT2D eigenvalue weighted by atomic mass is 10.2. The molecule has 2 nitrogen and oxygen atoms in total. The Hall–Kier alpha value is -0.440. The number of hydrogen-bond acceptors (Lipinski definition) is 4. The first kappa shape index (κ1) is 12.6.